The highest BCUT2D eigenvalue weighted by Crippen LogP contribution is 2.21. The maximum Gasteiger partial charge on any atom is 0.272 e. The standard InChI is InChI=1S/C17H17N3O2S2/c1-3-20-16(22)15-13(8-9-23-15)19-17(20)24-10-14(21)18-12-7-5-4-6-11(12)2/h4-9H,3,10H2,1-2H3,(H,18,21). The molecule has 1 N–H and O–H groups in total. The van der Waals surface area contributed by atoms with Crippen molar-refractivity contribution in [2.24, 2.45) is 0 Å². The first-order valence-corrected chi connectivity index (χ1v) is 9.43. The molecule has 5 nitrogen and oxygen atoms in total. The number of hydrogen-bond donors (Lipinski definition) is 1. The summed E-state index contributed by atoms with van der Waals surface area (Å²) in [4.78, 5) is 29.2. The molecular weight excluding hydrogens is 342 g/mol. The Morgan fingerprint density at radius 1 is 1.33 bits per heavy atom. The lowest BCUT2D eigenvalue weighted by molar-refractivity contribution is -0.113. The van der Waals surface area contributed by atoms with Crippen LogP contribution < -0.4 is 10.9 Å². The second-order valence-electron chi connectivity index (χ2n) is 5.23. The van der Waals surface area contributed by atoms with Gasteiger partial charge in [-0.2, -0.15) is 0 Å². The molecule has 0 spiro atoms. The summed E-state index contributed by atoms with van der Waals surface area (Å²) in [6, 6.07) is 9.47. The number of carbonyl (C=O) groups is 1. The van der Waals surface area contributed by atoms with Crippen molar-refractivity contribution >= 4 is 44.9 Å². The largest absolute Gasteiger partial charge is 0.325 e. The smallest absolute Gasteiger partial charge is 0.272 e. The summed E-state index contributed by atoms with van der Waals surface area (Å²) in [6.07, 6.45) is 0. The van der Waals surface area contributed by atoms with Gasteiger partial charge in [-0.3, -0.25) is 14.2 Å². The monoisotopic (exact) mass is 359 g/mol. The lowest BCUT2D eigenvalue weighted by Crippen LogP contribution is -2.22. The fourth-order valence-corrected chi connectivity index (χ4v) is 3.98. The Hall–Kier alpha value is -2.12. The van der Waals surface area contributed by atoms with E-state index in [9.17, 15) is 9.59 Å². The van der Waals surface area contributed by atoms with Gasteiger partial charge in [-0.05, 0) is 36.9 Å². The van der Waals surface area contributed by atoms with E-state index in [2.05, 4.69) is 10.3 Å². The average molecular weight is 359 g/mol. The van der Waals surface area contributed by atoms with Gasteiger partial charge in [-0.25, -0.2) is 4.98 Å². The number of benzene rings is 1. The first-order valence-electron chi connectivity index (χ1n) is 7.56. The summed E-state index contributed by atoms with van der Waals surface area (Å²) >= 11 is 2.68. The van der Waals surface area contributed by atoms with E-state index in [1.54, 1.807) is 4.57 Å². The van der Waals surface area contributed by atoms with Crippen LogP contribution in [0.1, 0.15) is 12.5 Å². The van der Waals surface area contributed by atoms with E-state index in [0.29, 0.717) is 21.9 Å². The number of para-hydroxylation sites is 1. The Balaban J connectivity index is 1.77. The zero-order chi connectivity index (χ0) is 17.1. The molecule has 0 fully saturated rings. The van der Waals surface area contributed by atoms with Gasteiger partial charge in [0, 0.05) is 12.2 Å². The fraction of sp³-hybridized carbons (Fsp3) is 0.235. The molecule has 2 aromatic heterocycles. The molecule has 0 bridgehead atoms. The van der Waals surface area contributed by atoms with Crippen molar-refractivity contribution in [3.05, 3.63) is 51.6 Å². The van der Waals surface area contributed by atoms with Crippen LogP contribution in [-0.4, -0.2) is 21.2 Å². The number of thiophene rings is 1. The predicted molar refractivity (Wildman–Crippen MR) is 100 cm³/mol. The fourth-order valence-electron chi connectivity index (χ4n) is 2.34. The lowest BCUT2D eigenvalue weighted by Gasteiger charge is -2.10. The molecule has 0 saturated carbocycles. The van der Waals surface area contributed by atoms with Crippen molar-refractivity contribution in [2.75, 3.05) is 11.1 Å². The minimum Gasteiger partial charge on any atom is -0.325 e. The molecule has 0 atom stereocenters. The van der Waals surface area contributed by atoms with E-state index in [1.165, 1.54) is 23.1 Å². The van der Waals surface area contributed by atoms with Gasteiger partial charge >= 0.3 is 0 Å². The third kappa shape index (κ3) is 3.37. The molecule has 1 amide bonds. The van der Waals surface area contributed by atoms with Crippen LogP contribution in [0.25, 0.3) is 10.2 Å². The third-order valence-electron chi connectivity index (χ3n) is 3.60. The summed E-state index contributed by atoms with van der Waals surface area (Å²) in [5, 5.41) is 5.33. The van der Waals surface area contributed by atoms with E-state index in [4.69, 9.17) is 0 Å². The van der Waals surface area contributed by atoms with Crippen LogP contribution in [0.4, 0.5) is 5.69 Å². The maximum absolute atomic E-state index is 12.4. The lowest BCUT2D eigenvalue weighted by atomic mass is 10.2. The number of nitrogens with zero attached hydrogens (tertiary/aromatic N) is 2. The van der Waals surface area contributed by atoms with Crippen molar-refractivity contribution in [1.29, 1.82) is 0 Å². The average Bonchev–Trinajstić information content (AvgIpc) is 3.04. The summed E-state index contributed by atoms with van der Waals surface area (Å²) in [5.41, 5.74) is 2.46. The molecule has 0 aliphatic heterocycles. The minimum atomic E-state index is -0.114. The van der Waals surface area contributed by atoms with Crippen LogP contribution in [0, 0.1) is 6.92 Å². The minimum absolute atomic E-state index is 0.0423. The number of carbonyl (C=O) groups excluding carboxylic acids is 1. The van der Waals surface area contributed by atoms with Gasteiger partial charge in [0.1, 0.15) is 4.70 Å². The number of anilines is 1. The predicted octanol–water partition coefficient (Wildman–Crippen LogP) is 3.52. The number of hydrogen-bond acceptors (Lipinski definition) is 5. The molecule has 1 aromatic carbocycles. The number of amides is 1. The number of fused-ring (bicyclic) bond motifs is 1. The van der Waals surface area contributed by atoms with Crippen LogP contribution in [0.2, 0.25) is 0 Å². The molecule has 3 aromatic rings. The molecule has 2 heterocycles. The van der Waals surface area contributed by atoms with Crippen molar-refractivity contribution in [1.82, 2.24) is 9.55 Å². The Kier molecular flexibility index (Phi) is 5.01. The molecule has 0 radical (unpaired) electrons. The Morgan fingerprint density at radius 3 is 2.88 bits per heavy atom. The van der Waals surface area contributed by atoms with Crippen molar-refractivity contribution in [3.8, 4) is 0 Å². The summed E-state index contributed by atoms with van der Waals surface area (Å²) < 4.78 is 2.27. The zero-order valence-corrected chi connectivity index (χ0v) is 15.0. The number of rotatable bonds is 5. The molecule has 124 valence electrons. The summed E-state index contributed by atoms with van der Waals surface area (Å²) in [7, 11) is 0. The first kappa shape index (κ1) is 16.7. The molecule has 0 aliphatic carbocycles. The molecule has 0 saturated heterocycles. The van der Waals surface area contributed by atoms with Crippen LogP contribution >= 0.6 is 23.1 Å². The van der Waals surface area contributed by atoms with E-state index in [1.807, 2.05) is 49.6 Å². The number of thioether (sulfide) groups is 1. The van der Waals surface area contributed by atoms with Gasteiger partial charge in [-0.15, -0.1) is 11.3 Å². The van der Waals surface area contributed by atoms with E-state index >= 15 is 0 Å². The molecule has 7 heteroatoms. The number of aryl methyl sites for hydroxylation is 1. The van der Waals surface area contributed by atoms with Crippen LogP contribution in [0.3, 0.4) is 0 Å². The Labute approximate surface area is 147 Å². The normalized spacial score (nSPS) is 10.9. The molecule has 0 unspecified atom stereocenters. The first-order chi connectivity index (χ1) is 11.6. The van der Waals surface area contributed by atoms with Gasteiger partial charge in [0.15, 0.2) is 5.16 Å². The Morgan fingerprint density at radius 2 is 2.12 bits per heavy atom. The SMILES string of the molecule is CCn1c(SCC(=O)Nc2ccccc2C)nc2ccsc2c1=O. The van der Waals surface area contributed by atoms with Gasteiger partial charge < -0.3 is 5.32 Å². The van der Waals surface area contributed by atoms with Gasteiger partial charge in [0.2, 0.25) is 5.91 Å². The summed E-state index contributed by atoms with van der Waals surface area (Å²) in [6.45, 7) is 4.38. The molecule has 24 heavy (non-hydrogen) atoms. The third-order valence-corrected chi connectivity index (χ3v) is 5.47. The van der Waals surface area contributed by atoms with E-state index in [0.717, 1.165) is 11.3 Å². The zero-order valence-electron chi connectivity index (χ0n) is 13.4. The van der Waals surface area contributed by atoms with Crippen LogP contribution in [0.5, 0.6) is 0 Å². The van der Waals surface area contributed by atoms with Crippen LogP contribution in [0.15, 0.2) is 45.7 Å². The quantitative estimate of drug-likeness (QED) is 0.559. The maximum atomic E-state index is 12.4. The number of nitrogens with one attached hydrogen (secondary N) is 1. The van der Waals surface area contributed by atoms with Gasteiger partial charge in [-0.1, -0.05) is 30.0 Å². The number of aromatic nitrogens is 2. The highest BCUT2D eigenvalue weighted by Gasteiger charge is 2.13. The second-order valence-corrected chi connectivity index (χ2v) is 7.09. The molecule has 0 aliphatic rings. The molecular formula is C17H17N3O2S2. The Bertz CT molecular complexity index is 946. The van der Waals surface area contributed by atoms with Crippen molar-refractivity contribution in [3.63, 3.8) is 0 Å². The topological polar surface area (TPSA) is 64.0 Å². The van der Waals surface area contributed by atoms with E-state index < -0.39 is 0 Å². The van der Waals surface area contributed by atoms with E-state index in [-0.39, 0.29) is 17.2 Å². The van der Waals surface area contributed by atoms with Gasteiger partial charge in [0.25, 0.3) is 5.56 Å². The second kappa shape index (κ2) is 7.19. The van der Waals surface area contributed by atoms with Crippen molar-refractivity contribution in [2.45, 2.75) is 25.5 Å². The summed E-state index contributed by atoms with van der Waals surface area (Å²) in [5.74, 6) is 0.0905. The highest BCUT2D eigenvalue weighted by atomic mass is 32.2. The van der Waals surface area contributed by atoms with Crippen molar-refractivity contribution < 1.29 is 4.79 Å². The molecule has 3 rings (SSSR count). The van der Waals surface area contributed by atoms with Crippen LogP contribution in [-0.2, 0) is 11.3 Å². The highest BCUT2D eigenvalue weighted by molar-refractivity contribution is 7.99. The van der Waals surface area contributed by atoms with Gasteiger partial charge in [0.05, 0.1) is 11.3 Å².